The maximum Gasteiger partial charge on any atom is 0.152 e. The Kier molecular flexibility index (Phi) is 4.96. The van der Waals surface area contributed by atoms with Crippen LogP contribution in [0.4, 0.5) is 0 Å². The minimum absolute atomic E-state index is 0.321. The summed E-state index contributed by atoms with van der Waals surface area (Å²) in [7, 11) is 0. The maximum absolute atomic E-state index is 12.1. The highest BCUT2D eigenvalue weighted by Crippen LogP contribution is 2.33. The van der Waals surface area contributed by atoms with E-state index in [0.717, 1.165) is 54.0 Å². The summed E-state index contributed by atoms with van der Waals surface area (Å²) in [6.07, 6.45) is 4.25. The molecule has 2 aromatic rings. The molecule has 4 rings (SSSR count). The molecule has 0 spiro atoms. The lowest BCUT2D eigenvalue weighted by Crippen LogP contribution is -2.07. The number of carbonyl (C=O) groups is 1. The number of nitrogens with zero attached hydrogens (tertiary/aromatic N) is 1. The van der Waals surface area contributed by atoms with E-state index in [2.05, 4.69) is 24.3 Å². The minimum Gasteiger partial charge on any atom is -0.490 e. The van der Waals surface area contributed by atoms with Crippen molar-refractivity contribution in [3.8, 4) is 0 Å². The molecule has 0 N–H and O–H groups in total. The topological polar surface area (TPSA) is 38.7 Å². The quantitative estimate of drug-likeness (QED) is 0.728. The van der Waals surface area contributed by atoms with Crippen molar-refractivity contribution in [2.45, 2.75) is 32.1 Å². The first-order chi connectivity index (χ1) is 12.8. The lowest BCUT2D eigenvalue weighted by atomic mass is 10.1. The highest BCUT2D eigenvalue weighted by atomic mass is 16.5. The maximum atomic E-state index is 12.1. The van der Waals surface area contributed by atoms with Crippen molar-refractivity contribution in [2.75, 3.05) is 6.61 Å². The van der Waals surface area contributed by atoms with E-state index in [4.69, 9.17) is 9.73 Å². The summed E-state index contributed by atoms with van der Waals surface area (Å²) in [4.78, 5) is 17.0. The van der Waals surface area contributed by atoms with Crippen LogP contribution in [0.25, 0.3) is 11.5 Å². The molecule has 3 heteroatoms. The Labute approximate surface area is 154 Å². The highest BCUT2D eigenvalue weighted by molar-refractivity contribution is 5.98. The van der Waals surface area contributed by atoms with Crippen LogP contribution in [-0.2, 0) is 9.53 Å². The molecule has 3 nitrogen and oxygen atoms in total. The zero-order valence-electron chi connectivity index (χ0n) is 14.9. The van der Waals surface area contributed by atoms with E-state index in [-0.39, 0.29) is 0 Å². The number of aliphatic imine (C=N–C) groups is 1. The first kappa shape index (κ1) is 16.8. The molecule has 1 saturated carbocycles. The summed E-state index contributed by atoms with van der Waals surface area (Å²) in [6.45, 7) is 0.594. The normalized spacial score (nSPS) is 17.3. The number of benzene rings is 2. The standard InChI is InChI=1S/C23H23NO2/c25-21(17-11-12-17)14-13-20-15-16-26-23(19-9-5-2-6-10-19)22(24-20)18-7-3-1-4-8-18/h1-10,17H,11-16H2. The lowest BCUT2D eigenvalue weighted by Gasteiger charge is -2.12. The molecule has 0 atom stereocenters. The van der Waals surface area contributed by atoms with Crippen molar-refractivity contribution in [3.05, 3.63) is 71.8 Å². The van der Waals surface area contributed by atoms with Gasteiger partial charge in [0.2, 0.25) is 0 Å². The Morgan fingerprint density at radius 3 is 2.27 bits per heavy atom. The lowest BCUT2D eigenvalue weighted by molar-refractivity contribution is -0.120. The molecule has 0 aromatic heterocycles. The SMILES string of the molecule is O=C(CCC1=NC(c2ccccc2)=C(c2ccccc2)OCC1)C1CC1. The zero-order chi connectivity index (χ0) is 17.8. The van der Waals surface area contributed by atoms with E-state index in [1.54, 1.807) is 0 Å². The van der Waals surface area contributed by atoms with Gasteiger partial charge in [-0.05, 0) is 19.3 Å². The first-order valence-corrected chi connectivity index (χ1v) is 9.38. The van der Waals surface area contributed by atoms with Crippen LogP contribution >= 0.6 is 0 Å². The van der Waals surface area contributed by atoms with E-state index < -0.39 is 0 Å². The third kappa shape index (κ3) is 3.93. The number of rotatable bonds is 6. The minimum atomic E-state index is 0.321. The largest absolute Gasteiger partial charge is 0.490 e. The van der Waals surface area contributed by atoms with Gasteiger partial charge in [0.1, 0.15) is 11.5 Å². The molecule has 1 heterocycles. The van der Waals surface area contributed by atoms with Gasteiger partial charge in [-0.3, -0.25) is 9.79 Å². The molecule has 132 valence electrons. The molecule has 0 amide bonds. The number of ketones is 1. The van der Waals surface area contributed by atoms with Crippen LogP contribution in [0.2, 0.25) is 0 Å². The second-order valence-corrected chi connectivity index (χ2v) is 6.93. The molecule has 1 aliphatic heterocycles. The van der Waals surface area contributed by atoms with E-state index in [9.17, 15) is 4.79 Å². The first-order valence-electron chi connectivity index (χ1n) is 9.38. The van der Waals surface area contributed by atoms with Gasteiger partial charge in [0, 0.05) is 35.6 Å². The summed E-state index contributed by atoms with van der Waals surface area (Å²) in [5, 5.41) is 0. The molecule has 0 bridgehead atoms. The van der Waals surface area contributed by atoms with Crippen LogP contribution in [0.1, 0.15) is 43.2 Å². The Morgan fingerprint density at radius 2 is 1.62 bits per heavy atom. The Bertz CT molecular complexity index is 833. The molecule has 1 fully saturated rings. The summed E-state index contributed by atoms with van der Waals surface area (Å²) >= 11 is 0. The van der Waals surface area contributed by atoms with Gasteiger partial charge < -0.3 is 4.74 Å². The molecular weight excluding hydrogens is 322 g/mol. The van der Waals surface area contributed by atoms with Crippen LogP contribution < -0.4 is 0 Å². The summed E-state index contributed by atoms with van der Waals surface area (Å²) in [5.74, 6) is 1.54. The number of carbonyl (C=O) groups excluding carboxylic acids is 1. The van der Waals surface area contributed by atoms with Gasteiger partial charge in [-0.15, -0.1) is 0 Å². The number of hydrogen-bond acceptors (Lipinski definition) is 3. The van der Waals surface area contributed by atoms with Crippen molar-refractivity contribution in [1.82, 2.24) is 0 Å². The average Bonchev–Trinajstić information content (AvgIpc) is 3.54. The van der Waals surface area contributed by atoms with Gasteiger partial charge in [-0.1, -0.05) is 60.7 Å². The Morgan fingerprint density at radius 1 is 0.962 bits per heavy atom. The van der Waals surface area contributed by atoms with Gasteiger partial charge in [-0.25, -0.2) is 0 Å². The van der Waals surface area contributed by atoms with E-state index in [0.29, 0.717) is 24.7 Å². The average molecular weight is 345 g/mol. The van der Waals surface area contributed by atoms with Gasteiger partial charge in [-0.2, -0.15) is 0 Å². The van der Waals surface area contributed by atoms with Crippen LogP contribution in [0.3, 0.4) is 0 Å². The van der Waals surface area contributed by atoms with Crippen LogP contribution in [-0.4, -0.2) is 18.1 Å². The second kappa shape index (κ2) is 7.69. The monoisotopic (exact) mass is 345 g/mol. The van der Waals surface area contributed by atoms with Crippen molar-refractivity contribution < 1.29 is 9.53 Å². The van der Waals surface area contributed by atoms with Gasteiger partial charge in [0.15, 0.2) is 5.76 Å². The number of Topliss-reactive ketones (excluding diaryl/α,β-unsaturated/α-hetero) is 1. The molecule has 2 aromatic carbocycles. The molecule has 0 saturated heterocycles. The Balaban J connectivity index is 1.68. The van der Waals surface area contributed by atoms with Crippen molar-refractivity contribution in [3.63, 3.8) is 0 Å². The predicted octanol–water partition coefficient (Wildman–Crippen LogP) is 5.13. The highest BCUT2D eigenvalue weighted by Gasteiger charge is 2.29. The number of ether oxygens (including phenoxy) is 1. The summed E-state index contributed by atoms with van der Waals surface area (Å²) in [6, 6.07) is 20.3. The van der Waals surface area contributed by atoms with Crippen LogP contribution in [0.5, 0.6) is 0 Å². The van der Waals surface area contributed by atoms with Crippen LogP contribution in [0.15, 0.2) is 65.7 Å². The van der Waals surface area contributed by atoms with Crippen molar-refractivity contribution in [1.29, 1.82) is 0 Å². The molecule has 1 aliphatic carbocycles. The Hall–Kier alpha value is -2.68. The third-order valence-electron chi connectivity index (χ3n) is 4.90. The summed E-state index contributed by atoms with van der Waals surface area (Å²) < 4.78 is 6.13. The van der Waals surface area contributed by atoms with E-state index >= 15 is 0 Å². The van der Waals surface area contributed by atoms with Gasteiger partial charge in [0.25, 0.3) is 0 Å². The van der Waals surface area contributed by atoms with Crippen LogP contribution in [0, 0.1) is 5.92 Å². The van der Waals surface area contributed by atoms with Crippen molar-refractivity contribution in [2.24, 2.45) is 10.9 Å². The number of hydrogen-bond donors (Lipinski definition) is 0. The third-order valence-corrected chi connectivity index (χ3v) is 4.90. The van der Waals surface area contributed by atoms with E-state index in [1.165, 1.54) is 0 Å². The second-order valence-electron chi connectivity index (χ2n) is 6.93. The molecule has 0 radical (unpaired) electrons. The summed E-state index contributed by atoms with van der Waals surface area (Å²) in [5.41, 5.74) is 4.00. The fourth-order valence-electron chi connectivity index (χ4n) is 3.26. The predicted molar refractivity (Wildman–Crippen MR) is 105 cm³/mol. The van der Waals surface area contributed by atoms with Gasteiger partial charge >= 0.3 is 0 Å². The zero-order valence-corrected chi connectivity index (χ0v) is 14.9. The molecule has 0 unspecified atom stereocenters. The van der Waals surface area contributed by atoms with Gasteiger partial charge in [0.05, 0.1) is 6.61 Å². The fraction of sp³-hybridized carbons (Fsp3) is 0.304. The molecule has 26 heavy (non-hydrogen) atoms. The molecule has 2 aliphatic rings. The smallest absolute Gasteiger partial charge is 0.152 e. The fourth-order valence-corrected chi connectivity index (χ4v) is 3.26. The van der Waals surface area contributed by atoms with E-state index in [1.807, 2.05) is 36.4 Å². The molecular formula is C23H23NO2. The van der Waals surface area contributed by atoms with Crippen molar-refractivity contribution >= 4 is 23.0 Å².